The van der Waals surface area contributed by atoms with E-state index in [1.807, 2.05) is 22.6 Å². The van der Waals surface area contributed by atoms with Gasteiger partial charge in [-0.25, -0.2) is 18.0 Å². The van der Waals surface area contributed by atoms with Crippen molar-refractivity contribution in [2.45, 2.75) is 25.0 Å². The van der Waals surface area contributed by atoms with Gasteiger partial charge in [0.15, 0.2) is 24.3 Å². The molecule has 2 aromatic rings. The van der Waals surface area contributed by atoms with E-state index >= 15 is 0 Å². The first-order valence-electron chi connectivity index (χ1n) is 9.33. The smallest absolute Gasteiger partial charge is 0.288 e. The lowest BCUT2D eigenvalue weighted by molar-refractivity contribution is -0.829. The Morgan fingerprint density at radius 2 is 1.97 bits per heavy atom. The fraction of sp³-hybridized carbons (Fsp3) is 0.350. The van der Waals surface area contributed by atoms with Crippen LogP contribution < -0.4 is 5.32 Å². The lowest BCUT2D eigenvalue weighted by atomic mass is 9.84. The number of β-amino-alcohol motifs (C(OH)–C–C–N with tert-alkyl or cyclic N) is 1. The van der Waals surface area contributed by atoms with E-state index in [4.69, 9.17) is 0 Å². The van der Waals surface area contributed by atoms with Gasteiger partial charge >= 0.3 is 0 Å². The molecular formula is C20H20F3IN3O4+. The van der Waals surface area contributed by atoms with Gasteiger partial charge in [-0.3, -0.25) is 4.79 Å². The minimum Gasteiger partial charge on any atom is -0.379 e. The summed E-state index contributed by atoms with van der Waals surface area (Å²) in [5, 5.41) is 13.1. The molecule has 1 fully saturated rings. The molecule has 1 saturated heterocycles. The summed E-state index contributed by atoms with van der Waals surface area (Å²) >= 11 is 1.90. The lowest BCUT2D eigenvalue weighted by Crippen LogP contribution is -2.70. The number of halogens is 4. The average molecular weight is 550 g/mol. The molecule has 3 rings (SSSR count). The number of rotatable bonds is 7. The second-order valence-corrected chi connectivity index (χ2v) is 8.44. The number of amides is 1. The molecule has 11 heteroatoms. The minimum absolute atomic E-state index is 0.132. The third-order valence-electron chi connectivity index (χ3n) is 5.17. The summed E-state index contributed by atoms with van der Waals surface area (Å²) in [5.41, 5.74) is -2.41. The van der Waals surface area contributed by atoms with Gasteiger partial charge in [-0.2, -0.15) is 0 Å². The first-order valence-corrected chi connectivity index (χ1v) is 10.4. The summed E-state index contributed by atoms with van der Waals surface area (Å²) in [5.74, 6) is -3.95. The van der Waals surface area contributed by atoms with Gasteiger partial charge in [0.1, 0.15) is 5.82 Å². The third-order valence-corrected chi connectivity index (χ3v) is 5.84. The standard InChI is InChI=1S/C20H19F3IN3O4/c1-3-16(27(30)31-2)20(29)9-26(10-20)19(28)12-5-6-13(21)17(23)18(12)25-15-7-4-11(24)8-14(15)22/h4-8,16,29H,3,9-10H2,1-2H3/p+1. The zero-order valence-corrected chi connectivity index (χ0v) is 18.8. The highest BCUT2D eigenvalue weighted by Crippen LogP contribution is 2.33. The predicted octanol–water partition coefficient (Wildman–Crippen LogP) is 3.76. The van der Waals surface area contributed by atoms with Crippen LogP contribution in [-0.4, -0.2) is 52.7 Å². The highest BCUT2D eigenvalue weighted by atomic mass is 127. The van der Waals surface area contributed by atoms with Crippen LogP contribution in [0.5, 0.6) is 0 Å². The van der Waals surface area contributed by atoms with Crippen LogP contribution in [0.4, 0.5) is 24.5 Å². The number of hydrogen-bond acceptors (Lipinski definition) is 5. The average Bonchev–Trinajstić information content (AvgIpc) is 2.71. The number of carbonyl (C=O) groups excluding carboxylic acids is 1. The summed E-state index contributed by atoms with van der Waals surface area (Å²) in [6.07, 6.45) is 0.264. The second kappa shape index (κ2) is 8.99. The van der Waals surface area contributed by atoms with Crippen molar-refractivity contribution in [3.8, 4) is 0 Å². The molecule has 0 aliphatic carbocycles. The Hall–Kier alpha value is -2.41. The van der Waals surface area contributed by atoms with Gasteiger partial charge in [0, 0.05) is 9.99 Å². The lowest BCUT2D eigenvalue weighted by Gasteiger charge is -2.46. The van der Waals surface area contributed by atoms with E-state index < -0.39 is 40.7 Å². The van der Waals surface area contributed by atoms with Crippen LogP contribution in [0.3, 0.4) is 0 Å². The fourth-order valence-electron chi connectivity index (χ4n) is 3.57. The van der Waals surface area contributed by atoms with Gasteiger partial charge < -0.3 is 15.3 Å². The molecule has 1 aliphatic heterocycles. The van der Waals surface area contributed by atoms with Crippen molar-refractivity contribution in [2.75, 3.05) is 25.5 Å². The number of likely N-dealkylation sites (tertiary alicyclic amines) is 1. The first-order chi connectivity index (χ1) is 14.6. The molecule has 0 saturated carbocycles. The van der Waals surface area contributed by atoms with Crippen molar-refractivity contribution in [1.29, 1.82) is 0 Å². The summed E-state index contributed by atoms with van der Waals surface area (Å²) in [6, 6.07) is 5.07. The maximum absolute atomic E-state index is 14.5. The number of carbonyl (C=O) groups is 1. The van der Waals surface area contributed by atoms with Crippen LogP contribution in [0.2, 0.25) is 0 Å². The molecule has 0 aromatic heterocycles. The summed E-state index contributed by atoms with van der Waals surface area (Å²) in [6.45, 7) is 1.27. The fourth-order valence-corrected chi connectivity index (χ4v) is 4.02. The van der Waals surface area contributed by atoms with Gasteiger partial charge in [0.05, 0.1) is 34.9 Å². The minimum atomic E-state index is -1.52. The summed E-state index contributed by atoms with van der Waals surface area (Å²) in [7, 11) is 1.17. The maximum Gasteiger partial charge on any atom is 0.288 e. The Labute approximate surface area is 189 Å². The molecule has 0 bridgehead atoms. The maximum atomic E-state index is 14.5. The summed E-state index contributed by atoms with van der Waals surface area (Å²) < 4.78 is 43.2. The van der Waals surface area contributed by atoms with Crippen molar-refractivity contribution in [3.63, 3.8) is 0 Å². The zero-order chi connectivity index (χ0) is 22.9. The van der Waals surface area contributed by atoms with E-state index in [0.29, 0.717) is 3.57 Å². The number of aliphatic hydroxyl groups is 1. The number of benzene rings is 2. The molecule has 2 N–H and O–H groups in total. The molecule has 1 heterocycles. The van der Waals surface area contributed by atoms with E-state index in [0.717, 1.165) is 12.1 Å². The quantitative estimate of drug-likeness (QED) is 0.406. The van der Waals surface area contributed by atoms with Gasteiger partial charge in [-0.05, 0) is 52.9 Å². The normalized spacial score (nSPS) is 15.8. The molecular weight excluding hydrogens is 530 g/mol. The molecule has 7 nitrogen and oxygen atoms in total. The molecule has 1 atom stereocenters. The molecule has 1 aliphatic rings. The van der Waals surface area contributed by atoms with E-state index in [2.05, 4.69) is 10.2 Å². The molecule has 0 spiro atoms. The van der Waals surface area contributed by atoms with E-state index in [1.54, 1.807) is 13.0 Å². The number of hydrogen-bond donors (Lipinski definition) is 2. The molecule has 1 amide bonds. The predicted molar refractivity (Wildman–Crippen MR) is 114 cm³/mol. The van der Waals surface area contributed by atoms with Gasteiger partial charge in [-0.15, -0.1) is 0 Å². The van der Waals surface area contributed by atoms with Crippen molar-refractivity contribution >= 4 is 39.9 Å². The molecule has 0 radical (unpaired) electrons. The van der Waals surface area contributed by atoms with Gasteiger partial charge in [0.25, 0.3) is 11.9 Å². The van der Waals surface area contributed by atoms with Crippen molar-refractivity contribution in [2.24, 2.45) is 0 Å². The van der Waals surface area contributed by atoms with Crippen LogP contribution in [0.1, 0.15) is 23.7 Å². The highest BCUT2D eigenvalue weighted by molar-refractivity contribution is 14.1. The van der Waals surface area contributed by atoms with E-state index in [-0.39, 0.29) is 35.7 Å². The van der Waals surface area contributed by atoms with Crippen LogP contribution in [0.25, 0.3) is 0 Å². The summed E-state index contributed by atoms with van der Waals surface area (Å²) in [4.78, 5) is 30.8. The number of nitrogens with one attached hydrogen (secondary N) is 1. The van der Waals surface area contributed by atoms with Crippen molar-refractivity contribution in [1.82, 2.24) is 4.90 Å². The van der Waals surface area contributed by atoms with Gasteiger partial charge in [-0.1, -0.05) is 6.92 Å². The monoisotopic (exact) mass is 550 g/mol. The van der Waals surface area contributed by atoms with Crippen LogP contribution in [-0.2, 0) is 4.84 Å². The molecule has 166 valence electrons. The molecule has 31 heavy (non-hydrogen) atoms. The largest absolute Gasteiger partial charge is 0.379 e. The Morgan fingerprint density at radius 1 is 1.29 bits per heavy atom. The highest BCUT2D eigenvalue weighted by Gasteiger charge is 2.57. The number of anilines is 2. The molecule has 2 aromatic carbocycles. The van der Waals surface area contributed by atoms with Crippen LogP contribution >= 0.6 is 22.6 Å². The molecule has 1 unspecified atom stereocenters. The van der Waals surface area contributed by atoms with E-state index in [1.165, 1.54) is 24.1 Å². The third kappa shape index (κ3) is 4.47. The van der Waals surface area contributed by atoms with Crippen molar-refractivity contribution < 1.29 is 32.8 Å². The Bertz CT molecular complexity index is 1030. The SMILES string of the molecule is CCC([N+](=O)OC)C1(O)CN(C(=O)c2ccc(F)c(F)c2Nc2ccc(I)cc2F)C1. The van der Waals surface area contributed by atoms with E-state index in [9.17, 15) is 28.0 Å². The van der Waals surface area contributed by atoms with Gasteiger partial charge in [0.2, 0.25) is 4.92 Å². The van der Waals surface area contributed by atoms with Crippen LogP contribution in [0, 0.1) is 25.9 Å². The van der Waals surface area contributed by atoms with Crippen LogP contribution in [0.15, 0.2) is 30.3 Å². The number of nitrogens with zero attached hydrogens (tertiary/aromatic N) is 2. The first kappa shape index (κ1) is 23.3. The Morgan fingerprint density at radius 3 is 2.55 bits per heavy atom. The van der Waals surface area contributed by atoms with Crippen molar-refractivity contribution in [3.05, 3.63) is 61.8 Å². The Balaban J connectivity index is 1.87. The Kier molecular flexibility index (Phi) is 6.74. The second-order valence-electron chi connectivity index (χ2n) is 7.19. The topological polar surface area (TPSA) is 81.9 Å². The zero-order valence-electron chi connectivity index (χ0n) is 16.7.